The quantitative estimate of drug-likeness (QED) is 0.770. The predicted molar refractivity (Wildman–Crippen MR) is 87.3 cm³/mol. The van der Waals surface area contributed by atoms with Gasteiger partial charge in [0.2, 0.25) is 0 Å². The molecule has 0 saturated heterocycles. The zero-order chi connectivity index (χ0) is 17.7. The molecule has 0 fully saturated rings. The second-order valence-electron chi connectivity index (χ2n) is 4.78. The summed E-state index contributed by atoms with van der Waals surface area (Å²) in [7, 11) is 0. The number of halogens is 4. The zero-order valence-corrected chi connectivity index (χ0v) is 13.1. The highest BCUT2D eigenvalue weighted by atomic mass is 35.5. The lowest BCUT2D eigenvalue weighted by atomic mass is 10.2. The molecule has 0 aliphatic heterocycles. The molecule has 0 radical (unpaired) electrons. The number of nitrogens with zero attached hydrogens (tertiary/aromatic N) is 1. The second kappa shape index (κ2) is 7.35. The smallest absolute Gasteiger partial charge is 0.380 e. The van der Waals surface area contributed by atoms with Crippen LogP contribution in [0.3, 0.4) is 0 Å². The van der Waals surface area contributed by atoms with Gasteiger partial charge in [-0.15, -0.1) is 6.58 Å². The molecule has 1 aromatic heterocycles. The Kier molecular flexibility index (Phi) is 5.46. The van der Waals surface area contributed by atoms with Crippen LogP contribution in [0.2, 0.25) is 5.02 Å². The number of hydrogen-bond donors (Lipinski definition) is 2. The highest BCUT2D eigenvalue weighted by Gasteiger charge is 2.31. The number of carbonyl (C=O) groups is 1. The lowest BCUT2D eigenvalue weighted by Gasteiger charge is -2.12. The molecule has 2 rings (SSSR count). The number of amides is 1. The van der Waals surface area contributed by atoms with Crippen molar-refractivity contribution < 1.29 is 18.0 Å². The van der Waals surface area contributed by atoms with Crippen molar-refractivity contribution in [2.45, 2.75) is 6.18 Å². The third-order valence-electron chi connectivity index (χ3n) is 2.99. The number of anilines is 2. The molecule has 2 aromatic rings. The van der Waals surface area contributed by atoms with Gasteiger partial charge in [0.15, 0.2) is 0 Å². The molecule has 0 spiro atoms. The number of aromatic nitrogens is 1. The standard InChI is InChI=1S/C16H13ClF3N3O/c1-2-5-22-12-6-10(8-21-9-12)15(24)23-14-7-11(16(18,19)20)3-4-13(14)17/h2-4,6-9,22H,1,5H2,(H,23,24). The van der Waals surface area contributed by atoms with Gasteiger partial charge < -0.3 is 10.6 Å². The monoisotopic (exact) mass is 355 g/mol. The van der Waals surface area contributed by atoms with Crippen LogP contribution >= 0.6 is 11.6 Å². The summed E-state index contributed by atoms with van der Waals surface area (Å²) in [6.45, 7) is 4.04. The summed E-state index contributed by atoms with van der Waals surface area (Å²) in [5.74, 6) is -0.619. The fourth-order valence-electron chi connectivity index (χ4n) is 1.84. The van der Waals surface area contributed by atoms with Crippen molar-refractivity contribution in [2.75, 3.05) is 17.2 Å². The molecule has 2 N–H and O–H groups in total. The van der Waals surface area contributed by atoms with Gasteiger partial charge in [0, 0.05) is 18.9 Å². The van der Waals surface area contributed by atoms with Crippen LogP contribution in [-0.4, -0.2) is 17.4 Å². The van der Waals surface area contributed by atoms with Crippen molar-refractivity contribution >= 4 is 28.9 Å². The first-order valence-corrected chi connectivity index (χ1v) is 7.17. The van der Waals surface area contributed by atoms with E-state index in [1.165, 1.54) is 18.5 Å². The van der Waals surface area contributed by atoms with Crippen LogP contribution in [0.25, 0.3) is 0 Å². The molecule has 0 bridgehead atoms. The van der Waals surface area contributed by atoms with E-state index >= 15 is 0 Å². The van der Waals surface area contributed by atoms with Gasteiger partial charge in [0.1, 0.15) is 0 Å². The highest BCUT2D eigenvalue weighted by molar-refractivity contribution is 6.34. The molecule has 0 aliphatic rings. The van der Waals surface area contributed by atoms with Crippen LogP contribution in [0.4, 0.5) is 24.5 Å². The average molecular weight is 356 g/mol. The van der Waals surface area contributed by atoms with E-state index in [0.29, 0.717) is 12.2 Å². The van der Waals surface area contributed by atoms with Gasteiger partial charge in [0.05, 0.1) is 27.5 Å². The van der Waals surface area contributed by atoms with E-state index in [-0.39, 0.29) is 16.3 Å². The summed E-state index contributed by atoms with van der Waals surface area (Å²) < 4.78 is 38.2. The van der Waals surface area contributed by atoms with Crippen LogP contribution in [-0.2, 0) is 6.18 Å². The first-order chi connectivity index (χ1) is 11.3. The molecule has 24 heavy (non-hydrogen) atoms. The minimum Gasteiger partial charge on any atom is -0.380 e. The fourth-order valence-corrected chi connectivity index (χ4v) is 2.01. The lowest BCUT2D eigenvalue weighted by molar-refractivity contribution is -0.137. The number of alkyl halides is 3. The van der Waals surface area contributed by atoms with Crippen molar-refractivity contribution in [3.63, 3.8) is 0 Å². The summed E-state index contributed by atoms with van der Waals surface area (Å²) in [6.07, 6.45) is -0.0806. The Hall–Kier alpha value is -2.54. The number of pyridine rings is 1. The fraction of sp³-hybridized carbons (Fsp3) is 0.125. The predicted octanol–water partition coefficient (Wildman–Crippen LogP) is 4.60. The number of nitrogens with one attached hydrogen (secondary N) is 2. The summed E-state index contributed by atoms with van der Waals surface area (Å²) >= 11 is 5.86. The van der Waals surface area contributed by atoms with Gasteiger partial charge in [0.25, 0.3) is 5.91 Å². The molecule has 8 heteroatoms. The van der Waals surface area contributed by atoms with Crippen LogP contribution in [0.1, 0.15) is 15.9 Å². The Labute approximate surface area is 141 Å². The topological polar surface area (TPSA) is 54.0 Å². The summed E-state index contributed by atoms with van der Waals surface area (Å²) in [5, 5.41) is 5.33. The van der Waals surface area contributed by atoms with E-state index in [4.69, 9.17) is 11.6 Å². The number of carbonyl (C=O) groups excluding carboxylic acids is 1. The van der Waals surface area contributed by atoms with Gasteiger partial charge in [-0.2, -0.15) is 13.2 Å². The summed E-state index contributed by atoms with van der Waals surface area (Å²) in [6, 6.07) is 4.24. The van der Waals surface area contributed by atoms with Crippen molar-refractivity contribution in [1.29, 1.82) is 0 Å². The Morgan fingerprint density at radius 2 is 2.04 bits per heavy atom. The van der Waals surface area contributed by atoms with Gasteiger partial charge in [-0.3, -0.25) is 9.78 Å². The number of benzene rings is 1. The number of hydrogen-bond acceptors (Lipinski definition) is 3. The molecule has 126 valence electrons. The molecule has 0 saturated carbocycles. The maximum absolute atomic E-state index is 12.7. The van der Waals surface area contributed by atoms with Gasteiger partial charge >= 0.3 is 6.18 Å². The van der Waals surface area contributed by atoms with E-state index in [1.807, 2.05) is 0 Å². The Morgan fingerprint density at radius 3 is 2.71 bits per heavy atom. The third-order valence-corrected chi connectivity index (χ3v) is 3.32. The third kappa shape index (κ3) is 4.48. The van der Waals surface area contributed by atoms with Crippen molar-refractivity contribution in [2.24, 2.45) is 0 Å². The van der Waals surface area contributed by atoms with Crippen LogP contribution in [0.5, 0.6) is 0 Å². The Balaban J connectivity index is 2.22. The van der Waals surface area contributed by atoms with E-state index in [9.17, 15) is 18.0 Å². The first-order valence-electron chi connectivity index (χ1n) is 6.79. The minimum atomic E-state index is -4.53. The Morgan fingerprint density at radius 1 is 1.29 bits per heavy atom. The normalized spacial score (nSPS) is 11.0. The molecule has 1 aromatic carbocycles. The molecule has 4 nitrogen and oxygen atoms in total. The maximum Gasteiger partial charge on any atom is 0.416 e. The molecule has 1 amide bonds. The van der Waals surface area contributed by atoms with Crippen molar-refractivity contribution in [3.05, 3.63) is 65.5 Å². The number of rotatable bonds is 5. The molecule has 0 aliphatic carbocycles. The molecular weight excluding hydrogens is 343 g/mol. The maximum atomic E-state index is 12.7. The van der Waals surface area contributed by atoms with Gasteiger partial charge in [-0.05, 0) is 24.3 Å². The largest absolute Gasteiger partial charge is 0.416 e. The van der Waals surface area contributed by atoms with E-state index < -0.39 is 17.6 Å². The van der Waals surface area contributed by atoms with Crippen LogP contribution < -0.4 is 10.6 Å². The lowest BCUT2D eigenvalue weighted by Crippen LogP contribution is -2.14. The van der Waals surface area contributed by atoms with Gasteiger partial charge in [-0.25, -0.2) is 0 Å². The van der Waals surface area contributed by atoms with Crippen LogP contribution in [0.15, 0.2) is 49.3 Å². The zero-order valence-electron chi connectivity index (χ0n) is 12.3. The average Bonchev–Trinajstić information content (AvgIpc) is 2.54. The first kappa shape index (κ1) is 17.8. The summed E-state index contributed by atoms with van der Waals surface area (Å²) in [5.41, 5.74) is -0.266. The highest BCUT2D eigenvalue weighted by Crippen LogP contribution is 2.34. The molecule has 0 atom stereocenters. The van der Waals surface area contributed by atoms with Crippen LogP contribution in [0, 0.1) is 0 Å². The summed E-state index contributed by atoms with van der Waals surface area (Å²) in [4.78, 5) is 16.1. The van der Waals surface area contributed by atoms with Crippen molar-refractivity contribution in [3.8, 4) is 0 Å². The van der Waals surface area contributed by atoms with E-state index in [2.05, 4.69) is 22.2 Å². The molecule has 1 heterocycles. The van der Waals surface area contributed by atoms with E-state index in [0.717, 1.165) is 18.2 Å². The molecule has 0 unspecified atom stereocenters. The second-order valence-corrected chi connectivity index (χ2v) is 5.19. The Bertz CT molecular complexity index is 762. The SMILES string of the molecule is C=CCNc1cncc(C(=O)Nc2cc(C(F)(F)F)ccc2Cl)c1. The minimum absolute atomic E-state index is 0.00486. The van der Waals surface area contributed by atoms with Gasteiger partial charge in [-0.1, -0.05) is 17.7 Å². The van der Waals surface area contributed by atoms with Crippen molar-refractivity contribution in [1.82, 2.24) is 4.98 Å². The van der Waals surface area contributed by atoms with E-state index in [1.54, 1.807) is 6.08 Å². The molecular formula is C16H13ClF3N3O.